The van der Waals surface area contributed by atoms with Gasteiger partial charge in [-0.2, -0.15) is 0 Å². The molecule has 2 amide bonds. The minimum absolute atomic E-state index is 0.0998. The van der Waals surface area contributed by atoms with Gasteiger partial charge in [0.1, 0.15) is 0 Å². The number of aryl methyl sites for hydroxylation is 1. The second-order valence-corrected chi connectivity index (χ2v) is 9.41. The van der Waals surface area contributed by atoms with Gasteiger partial charge in [0.15, 0.2) is 10.1 Å². The van der Waals surface area contributed by atoms with E-state index in [0.29, 0.717) is 11.4 Å². The maximum Gasteiger partial charge on any atom is 0.291 e. The molecule has 156 valence electrons. The third kappa shape index (κ3) is 4.22. The number of furan rings is 1. The summed E-state index contributed by atoms with van der Waals surface area (Å²) in [6.07, 6.45) is 3.47. The number of carbonyl (C=O) groups is 2. The summed E-state index contributed by atoms with van der Waals surface area (Å²) in [6.45, 7) is 0.759. The third-order valence-electron chi connectivity index (χ3n) is 5.10. The molecule has 0 bridgehead atoms. The Balaban J connectivity index is 1.26. The number of anilines is 2. The molecule has 0 atom stereocenters. The number of benzene rings is 2. The van der Waals surface area contributed by atoms with Gasteiger partial charge in [0.25, 0.3) is 5.91 Å². The quantitative estimate of drug-likeness (QED) is 0.423. The summed E-state index contributed by atoms with van der Waals surface area (Å²) < 4.78 is 6.91. The minimum Gasteiger partial charge on any atom is -0.459 e. The number of thioether (sulfide) groups is 1. The highest BCUT2D eigenvalue weighted by molar-refractivity contribution is 8.01. The summed E-state index contributed by atoms with van der Waals surface area (Å²) in [4.78, 5) is 31.5. The first-order chi connectivity index (χ1) is 15.2. The first kappa shape index (κ1) is 19.8. The molecule has 1 aliphatic rings. The van der Waals surface area contributed by atoms with Crippen molar-refractivity contribution in [3.05, 3.63) is 72.2 Å². The average molecular weight is 450 g/mol. The highest BCUT2D eigenvalue weighted by atomic mass is 32.2. The van der Waals surface area contributed by atoms with E-state index in [1.165, 1.54) is 34.9 Å². The van der Waals surface area contributed by atoms with Crippen LogP contribution < -0.4 is 10.2 Å². The van der Waals surface area contributed by atoms with Crippen molar-refractivity contribution < 1.29 is 14.0 Å². The number of nitrogens with one attached hydrogen (secondary N) is 1. The van der Waals surface area contributed by atoms with Crippen molar-refractivity contribution >= 4 is 56.5 Å². The third-order valence-corrected chi connectivity index (χ3v) is 7.25. The smallest absolute Gasteiger partial charge is 0.291 e. The maximum atomic E-state index is 12.9. The molecule has 0 spiro atoms. The zero-order valence-electron chi connectivity index (χ0n) is 16.5. The molecule has 2 aromatic carbocycles. The largest absolute Gasteiger partial charge is 0.459 e. The van der Waals surface area contributed by atoms with Crippen LogP contribution >= 0.6 is 23.1 Å². The van der Waals surface area contributed by atoms with E-state index in [0.717, 1.165) is 39.6 Å². The molecule has 3 heterocycles. The fraction of sp³-hybridized carbons (Fsp3) is 0.174. The summed E-state index contributed by atoms with van der Waals surface area (Å²) in [5, 5.41) is 2.83. The van der Waals surface area contributed by atoms with Crippen molar-refractivity contribution in [3.8, 4) is 0 Å². The van der Waals surface area contributed by atoms with Gasteiger partial charge < -0.3 is 14.6 Å². The van der Waals surface area contributed by atoms with Gasteiger partial charge in [0.05, 0.1) is 22.2 Å². The van der Waals surface area contributed by atoms with Crippen LogP contribution in [0.4, 0.5) is 11.4 Å². The van der Waals surface area contributed by atoms with Crippen LogP contribution in [0.2, 0.25) is 0 Å². The Hall–Kier alpha value is -3.10. The van der Waals surface area contributed by atoms with Crippen LogP contribution in [-0.2, 0) is 11.2 Å². The first-order valence-electron chi connectivity index (χ1n) is 9.94. The molecule has 1 aliphatic heterocycles. The van der Waals surface area contributed by atoms with Gasteiger partial charge in [0.2, 0.25) is 5.91 Å². The number of hydrogen-bond acceptors (Lipinski definition) is 6. The standard InChI is InChI=1S/C23H19N3O3S2/c27-21(26-11-3-6-15-5-1-2-7-18(15)26)14-30-23-25-17-10-9-16(13-20(17)31-23)24-22(28)19-8-4-12-29-19/h1-2,4-5,7-10,12-13H,3,6,11,14H2,(H,24,28). The zero-order chi connectivity index (χ0) is 21.2. The predicted molar refractivity (Wildman–Crippen MR) is 124 cm³/mol. The second-order valence-electron chi connectivity index (χ2n) is 7.16. The van der Waals surface area contributed by atoms with E-state index >= 15 is 0 Å². The average Bonchev–Trinajstić information content (AvgIpc) is 3.47. The van der Waals surface area contributed by atoms with Gasteiger partial charge in [-0.1, -0.05) is 30.0 Å². The summed E-state index contributed by atoms with van der Waals surface area (Å²) in [7, 11) is 0. The van der Waals surface area contributed by atoms with E-state index in [9.17, 15) is 9.59 Å². The number of amides is 2. The molecule has 0 fully saturated rings. The number of thiazole rings is 1. The van der Waals surface area contributed by atoms with E-state index in [4.69, 9.17) is 4.42 Å². The summed E-state index contributed by atoms with van der Waals surface area (Å²) in [6, 6.07) is 17.0. The van der Waals surface area contributed by atoms with Crippen molar-refractivity contribution in [2.45, 2.75) is 17.2 Å². The van der Waals surface area contributed by atoms with Gasteiger partial charge in [-0.25, -0.2) is 4.98 Å². The van der Waals surface area contributed by atoms with Crippen LogP contribution in [0.1, 0.15) is 22.5 Å². The van der Waals surface area contributed by atoms with E-state index in [-0.39, 0.29) is 17.6 Å². The molecule has 31 heavy (non-hydrogen) atoms. The molecule has 0 saturated heterocycles. The number of hydrogen-bond donors (Lipinski definition) is 1. The molecule has 6 nitrogen and oxygen atoms in total. The molecule has 5 rings (SSSR count). The lowest BCUT2D eigenvalue weighted by Crippen LogP contribution is -2.36. The first-order valence-corrected chi connectivity index (χ1v) is 11.7. The van der Waals surface area contributed by atoms with E-state index in [1.807, 2.05) is 41.3 Å². The summed E-state index contributed by atoms with van der Waals surface area (Å²) in [5.74, 6) is 0.410. The van der Waals surface area contributed by atoms with Gasteiger partial charge in [-0.05, 0) is 54.8 Å². The molecule has 0 unspecified atom stereocenters. The molecule has 2 aromatic heterocycles. The Labute approximate surface area is 187 Å². The topological polar surface area (TPSA) is 75.4 Å². The molecule has 4 aromatic rings. The Morgan fingerprint density at radius 3 is 2.94 bits per heavy atom. The second kappa shape index (κ2) is 8.56. The predicted octanol–water partition coefficient (Wildman–Crippen LogP) is 5.21. The van der Waals surface area contributed by atoms with Crippen LogP contribution in [-0.4, -0.2) is 29.1 Å². The number of carbonyl (C=O) groups excluding carboxylic acids is 2. The fourth-order valence-corrected chi connectivity index (χ4v) is 5.62. The maximum absolute atomic E-state index is 12.9. The number of aromatic nitrogens is 1. The van der Waals surface area contributed by atoms with Gasteiger partial charge in [0, 0.05) is 17.9 Å². The van der Waals surface area contributed by atoms with Gasteiger partial charge >= 0.3 is 0 Å². The SMILES string of the molecule is O=C(Nc1ccc2nc(SCC(=O)N3CCCc4ccccc43)sc2c1)c1ccco1. The van der Waals surface area contributed by atoms with Crippen LogP contribution in [0.5, 0.6) is 0 Å². The molecular formula is C23H19N3O3S2. The normalized spacial score (nSPS) is 13.2. The van der Waals surface area contributed by atoms with Gasteiger partial charge in [-0.3, -0.25) is 9.59 Å². The summed E-state index contributed by atoms with van der Waals surface area (Å²) in [5.41, 5.74) is 3.78. The number of rotatable bonds is 5. The molecule has 1 N–H and O–H groups in total. The Bertz CT molecular complexity index is 1250. The lowest BCUT2D eigenvalue weighted by atomic mass is 10.0. The van der Waals surface area contributed by atoms with Crippen molar-refractivity contribution in [3.63, 3.8) is 0 Å². The van der Waals surface area contributed by atoms with Crippen molar-refractivity contribution in [1.82, 2.24) is 4.98 Å². The van der Waals surface area contributed by atoms with E-state index < -0.39 is 0 Å². The molecular weight excluding hydrogens is 430 g/mol. The molecule has 8 heteroatoms. The van der Waals surface area contributed by atoms with E-state index in [2.05, 4.69) is 16.4 Å². The van der Waals surface area contributed by atoms with Gasteiger partial charge in [-0.15, -0.1) is 11.3 Å². The number of para-hydroxylation sites is 1. The monoisotopic (exact) mass is 449 g/mol. The van der Waals surface area contributed by atoms with Crippen molar-refractivity contribution in [2.75, 3.05) is 22.5 Å². The van der Waals surface area contributed by atoms with Crippen LogP contribution in [0.25, 0.3) is 10.2 Å². The number of fused-ring (bicyclic) bond motifs is 2. The Morgan fingerprint density at radius 2 is 2.06 bits per heavy atom. The van der Waals surface area contributed by atoms with Crippen molar-refractivity contribution in [2.24, 2.45) is 0 Å². The Kier molecular flexibility index (Phi) is 5.48. The lowest BCUT2D eigenvalue weighted by Gasteiger charge is -2.29. The van der Waals surface area contributed by atoms with Crippen LogP contribution in [0, 0.1) is 0 Å². The molecule has 0 radical (unpaired) electrons. The van der Waals surface area contributed by atoms with Crippen LogP contribution in [0.15, 0.2) is 69.6 Å². The molecule has 0 aliphatic carbocycles. The minimum atomic E-state index is -0.295. The Morgan fingerprint density at radius 1 is 1.16 bits per heavy atom. The highest BCUT2D eigenvalue weighted by Gasteiger charge is 2.22. The summed E-state index contributed by atoms with van der Waals surface area (Å²) >= 11 is 2.97. The van der Waals surface area contributed by atoms with Crippen molar-refractivity contribution in [1.29, 1.82) is 0 Å². The van der Waals surface area contributed by atoms with Crippen LogP contribution in [0.3, 0.4) is 0 Å². The fourth-order valence-electron chi connectivity index (χ4n) is 3.64. The highest BCUT2D eigenvalue weighted by Crippen LogP contribution is 2.33. The number of nitrogens with zero attached hydrogens (tertiary/aromatic N) is 2. The lowest BCUT2D eigenvalue weighted by molar-refractivity contribution is -0.116. The van der Waals surface area contributed by atoms with E-state index in [1.54, 1.807) is 12.1 Å². The zero-order valence-corrected chi connectivity index (χ0v) is 18.2. The molecule has 0 saturated carbocycles.